The highest BCUT2D eigenvalue weighted by molar-refractivity contribution is 7.10. The van der Waals surface area contributed by atoms with E-state index in [2.05, 4.69) is 5.38 Å². The van der Waals surface area contributed by atoms with Crippen LogP contribution in [0.15, 0.2) is 5.38 Å². The molecule has 1 aromatic heterocycles. The highest BCUT2D eigenvalue weighted by Crippen LogP contribution is 2.25. The maximum Gasteiger partial charge on any atom is 0.0571 e. The number of aryl methyl sites for hydroxylation is 2. The second kappa shape index (κ2) is 2.08. The zero-order valence-corrected chi connectivity index (χ0v) is 6.44. The molecule has 0 N–H and O–H groups in total. The zero-order chi connectivity index (χ0) is 6.15. The predicted molar refractivity (Wildman–Crippen MR) is 38.8 cm³/mol. The lowest BCUT2D eigenvalue weighted by Gasteiger charge is -1.83. The van der Waals surface area contributed by atoms with Crippen molar-refractivity contribution >= 4 is 22.9 Å². The van der Waals surface area contributed by atoms with Crippen molar-refractivity contribution in [2.45, 2.75) is 13.8 Å². The van der Waals surface area contributed by atoms with Crippen LogP contribution >= 0.6 is 22.9 Å². The fraction of sp³-hybridized carbons (Fsp3) is 0.333. The fourth-order valence-corrected chi connectivity index (χ4v) is 1.55. The van der Waals surface area contributed by atoms with Crippen molar-refractivity contribution in [3.8, 4) is 0 Å². The Hall–Kier alpha value is -0.0100. The van der Waals surface area contributed by atoms with Crippen LogP contribution in [0.1, 0.15) is 10.4 Å². The molecule has 0 nitrogen and oxygen atoms in total. The number of rotatable bonds is 0. The zero-order valence-electron chi connectivity index (χ0n) is 4.86. The summed E-state index contributed by atoms with van der Waals surface area (Å²) in [6.07, 6.45) is 0. The lowest BCUT2D eigenvalue weighted by Crippen LogP contribution is -1.62. The SMILES string of the molecule is Cc1csc(C)c1Cl. The molecule has 2 heteroatoms. The standard InChI is InChI=1S/C6H7ClS/c1-4-3-8-5(2)6(4)7/h3H,1-2H3. The molecule has 0 saturated carbocycles. The molecular formula is C6H7ClS. The molecule has 8 heavy (non-hydrogen) atoms. The minimum atomic E-state index is 0.926. The molecule has 0 aliphatic heterocycles. The van der Waals surface area contributed by atoms with E-state index in [0.29, 0.717) is 0 Å². The Balaban J connectivity index is 3.19. The summed E-state index contributed by atoms with van der Waals surface area (Å²) in [5.74, 6) is 0. The largest absolute Gasteiger partial charge is 0.147 e. The van der Waals surface area contributed by atoms with E-state index in [1.54, 1.807) is 11.3 Å². The van der Waals surface area contributed by atoms with Crippen LogP contribution in [0.4, 0.5) is 0 Å². The Kier molecular flexibility index (Phi) is 1.59. The lowest BCUT2D eigenvalue weighted by atomic mass is 10.3. The second-order valence-corrected chi connectivity index (χ2v) is 3.25. The van der Waals surface area contributed by atoms with Gasteiger partial charge in [0, 0.05) is 4.88 Å². The van der Waals surface area contributed by atoms with Crippen LogP contribution in [0.2, 0.25) is 5.02 Å². The van der Waals surface area contributed by atoms with Crippen molar-refractivity contribution in [3.63, 3.8) is 0 Å². The van der Waals surface area contributed by atoms with E-state index in [4.69, 9.17) is 11.6 Å². The van der Waals surface area contributed by atoms with Crippen LogP contribution in [0.3, 0.4) is 0 Å². The maximum atomic E-state index is 5.80. The van der Waals surface area contributed by atoms with Gasteiger partial charge in [0.2, 0.25) is 0 Å². The maximum absolute atomic E-state index is 5.80. The number of hydrogen-bond donors (Lipinski definition) is 0. The first kappa shape index (κ1) is 6.12. The summed E-state index contributed by atoms with van der Waals surface area (Å²) in [5.41, 5.74) is 1.19. The van der Waals surface area contributed by atoms with Gasteiger partial charge in [0.15, 0.2) is 0 Å². The molecule has 0 amide bonds. The van der Waals surface area contributed by atoms with E-state index in [-0.39, 0.29) is 0 Å². The van der Waals surface area contributed by atoms with Crippen LogP contribution in [0.25, 0.3) is 0 Å². The van der Waals surface area contributed by atoms with Crippen molar-refractivity contribution in [1.82, 2.24) is 0 Å². The molecule has 0 aromatic carbocycles. The monoisotopic (exact) mass is 146 g/mol. The number of halogens is 1. The Labute approximate surface area is 58.1 Å². The van der Waals surface area contributed by atoms with Gasteiger partial charge < -0.3 is 0 Å². The van der Waals surface area contributed by atoms with Crippen LogP contribution in [0.5, 0.6) is 0 Å². The van der Waals surface area contributed by atoms with Gasteiger partial charge in [-0.25, -0.2) is 0 Å². The average molecular weight is 147 g/mol. The average Bonchev–Trinajstić information content (AvgIpc) is 1.98. The Morgan fingerprint density at radius 1 is 1.50 bits per heavy atom. The Bertz CT molecular complexity index is 171. The van der Waals surface area contributed by atoms with Gasteiger partial charge in [-0.2, -0.15) is 0 Å². The normalized spacial score (nSPS) is 9.88. The molecule has 1 heterocycles. The minimum Gasteiger partial charge on any atom is -0.147 e. The molecule has 44 valence electrons. The quantitative estimate of drug-likeness (QED) is 0.528. The number of thiophene rings is 1. The predicted octanol–water partition coefficient (Wildman–Crippen LogP) is 3.02. The van der Waals surface area contributed by atoms with Crippen LogP contribution in [0, 0.1) is 13.8 Å². The second-order valence-electron chi connectivity index (χ2n) is 1.79. The Morgan fingerprint density at radius 2 is 2.12 bits per heavy atom. The molecule has 0 saturated heterocycles. The minimum absolute atomic E-state index is 0.926. The third-order valence-corrected chi connectivity index (χ3v) is 2.79. The molecule has 0 atom stereocenters. The topological polar surface area (TPSA) is 0 Å². The van der Waals surface area contributed by atoms with Crippen LogP contribution in [-0.4, -0.2) is 0 Å². The first-order chi connectivity index (χ1) is 3.72. The summed E-state index contributed by atoms with van der Waals surface area (Å²) in [7, 11) is 0. The summed E-state index contributed by atoms with van der Waals surface area (Å²) < 4.78 is 0. The molecule has 1 aromatic rings. The summed E-state index contributed by atoms with van der Waals surface area (Å²) in [6.45, 7) is 4.05. The third kappa shape index (κ3) is 0.884. The van der Waals surface area contributed by atoms with Gasteiger partial charge in [-0.3, -0.25) is 0 Å². The van der Waals surface area contributed by atoms with E-state index in [0.717, 1.165) is 5.02 Å². The molecule has 0 fully saturated rings. The van der Waals surface area contributed by atoms with Gasteiger partial charge in [0.05, 0.1) is 5.02 Å². The van der Waals surface area contributed by atoms with Crippen molar-refractivity contribution < 1.29 is 0 Å². The highest BCUT2D eigenvalue weighted by Gasteiger charge is 1.98. The number of hydrogen-bond acceptors (Lipinski definition) is 1. The van der Waals surface area contributed by atoms with Gasteiger partial charge in [-0.1, -0.05) is 11.6 Å². The van der Waals surface area contributed by atoms with Gasteiger partial charge in [0.1, 0.15) is 0 Å². The first-order valence-corrected chi connectivity index (χ1v) is 3.68. The van der Waals surface area contributed by atoms with E-state index < -0.39 is 0 Å². The molecule has 0 spiro atoms. The van der Waals surface area contributed by atoms with E-state index in [1.165, 1.54) is 10.4 Å². The summed E-state index contributed by atoms with van der Waals surface area (Å²) in [5, 5.41) is 2.99. The fourth-order valence-electron chi connectivity index (χ4n) is 0.558. The van der Waals surface area contributed by atoms with Crippen molar-refractivity contribution in [1.29, 1.82) is 0 Å². The van der Waals surface area contributed by atoms with E-state index in [1.807, 2.05) is 13.8 Å². The molecule has 0 aliphatic carbocycles. The molecule has 0 unspecified atom stereocenters. The third-order valence-electron chi connectivity index (χ3n) is 1.07. The van der Waals surface area contributed by atoms with Crippen molar-refractivity contribution in [3.05, 3.63) is 20.8 Å². The summed E-state index contributed by atoms with van der Waals surface area (Å²) >= 11 is 7.50. The van der Waals surface area contributed by atoms with Crippen molar-refractivity contribution in [2.75, 3.05) is 0 Å². The van der Waals surface area contributed by atoms with E-state index in [9.17, 15) is 0 Å². The first-order valence-electron chi connectivity index (χ1n) is 2.42. The summed E-state index contributed by atoms with van der Waals surface area (Å²) in [6, 6.07) is 0. The molecule has 0 radical (unpaired) electrons. The van der Waals surface area contributed by atoms with Gasteiger partial charge in [-0.05, 0) is 24.8 Å². The van der Waals surface area contributed by atoms with Gasteiger partial charge in [-0.15, -0.1) is 11.3 Å². The van der Waals surface area contributed by atoms with Gasteiger partial charge in [0.25, 0.3) is 0 Å². The molecule has 0 aliphatic rings. The Morgan fingerprint density at radius 3 is 2.25 bits per heavy atom. The van der Waals surface area contributed by atoms with Crippen LogP contribution in [-0.2, 0) is 0 Å². The van der Waals surface area contributed by atoms with Gasteiger partial charge >= 0.3 is 0 Å². The van der Waals surface area contributed by atoms with Crippen molar-refractivity contribution in [2.24, 2.45) is 0 Å². The highest BCUT2D eigenvalue weighted by atomic mass is 35.5. The lowest BCUT2D eigenvalue weighted by molar-refractivity contribution is 1.51. The molecule has 0 bridgehead atoms. The van der Waals surface area contributed by atoms with Crippen LogP contribution < -0.4 is 0 Å². The molecular weight excluding hydrogens is 140 g/mol. The smallest absolute Gasteiger partial charge is 0.0571 e. The van der Waals surface area contributed by atoms with E-state index >= 15 is 0 Å². The summed E-state index contributed by atoms with van der Waals surface area (Å²) in [4.78, 5) is 1.21. The molecule has 1 rings (SSSR count).